The fraction of sp³-hybridized carbons (Fsp3) is 0.653. The van der Waals surface area contributed by atoms with Gasteiger partial charge in [-0.1, -0.05) is 208 Å². The van der Waals surface area contributed by atoms with E-state index in [0.717, 1.165) is 35.7 Å². The standard InChI is InChI=1S/C16H24.C10H16.C4H8.C3H6O.C3H8.C3H6.5C2H6/c1-4-6-8-15(9-7-5-2)16-12-10-14(3)11-13-16;1-7(2)10(8(3)4)9(5)6;1-4-2-3-4;1-2-3-4;2*1-3-2;5*1-2/h4,10-13,15H,1,5-9H2,2-3H3;1,3H2,2,4-6H3;4H,2-3H2,1H3;3H,2H2,1H3;3H2,1-2H3;3H,1H2,2H3;5*1-2H3. The van der Waals surface area contributed by atoms with E-state index < -0.39 is 0 Å². The maximum Gasteiger partial charge on any atom is 0.119 e. The van der Waals surface area contributed by atoms with Gasteiger partial charge in [-0.25, -0.2) is 0 Å². The van der Waals surface area contributed by atoms with Gasteiger partial charge in [0.15, 0.2) is 0 Å². The summed E-state index contributed by atoms with van der Waals surface area (Å²) in [5.74, 6) is 1.80. The van der Waals surface area contributed by atoms with E-state index in [0.29, 0.717) is 6.42 Å². The molecule has 1 aromatic rings. The molecule has 0 heterocycles. The Balaban J connectivity index is -0.0000000607. The highest BCUT2D eigenvalue weighted by atomic mass is 16.1. The summed E-state index contributed by atoms with van der Waals surface area (Å²) >= 11 is 0. The molecular weight excluding hydrogens is 605 g/mol. The van der Waals surface area contributed by atoms with Crippen LogP contribution in [-0.4, -0.2) is 6.29 Å². The summed E-state index contributed by atoms with van der Waals surface area (Å²) in [6.07, 6.45) is 15.8. The Morgan fingerprint density at radius 1 is 0.760 bits per heavy atom. The summed E-state index contributed by atoms with van der Waals surface area (Å²) < 4.78 is 0. The number of allylic oxidation sites excluding steroid dienone is 6. The second-order valence-electron chi connectivity index (χ2n) is 10.9. The molecule has 1 unspecified atom stereocenters. The van der Waals surface area contributed by atoms with Gasteiger partial charge in [-0.2, -0.15) is 0 Å². The van der Waals surface area contributed by atoms with Crippen LogP contribution in [0, 0.1) is 12.8 Å². The number of hydrogen-bond donors (Lipinski definition) is 0. The maximum atomic E-state index is 9.17. The zero-order chi connectivity index (χ0) is 41.9. The summed E-state index contributed by atoms with van der Waals surface area (Å²) in [4.78, 5) is 9.17. The van der Waals surface area contributed by atoms with Crippen LogP contribution in [0.15, 0.2) is 85.0 Å². The molecule has 0 radical (unpaired) electrons. The van der Waals surface area contributed by atoms with Crippen molar-refractivity contribution in [3.05, 3.63) is 96.2 Å². The lowest BCUT2D eigenvalue weighted by molar-refractivity contribution is -0.107. The van der Waals surface area contributed by atoms with Crippen LogP contribution in [0.4, 0.5) is 0 Å². The minimum atomic E-state index is 0.639. The van der Waals surface area contributed by atoms with Crippen LogP contribution in [0.1, 0.15) is 213 Å². The average molecular weight is 703 g/mol. The van der Waals surface area contributed by atoms with E-state index in [1.165, 1.54) is 67.2 Å². The third-order valence-electron chi connectivity index (χ3n) is 5.56. The monoisotopic (exact) mass is 703 g/mol. The van der Waals surface area contributed by atoms with Crippen molar-refractivity contribution in [2.45, 2.75) is 209 Å². The van der Waals surface area contributed by atoms with Gasteiger partial charge < -0.3 is 4.79 Å². The quantitative estimate of drug-likeness (QED) is 0.135. The number of carbonyl (C=O) groups excluding carboxylic acids is 1. The molecule has 1 fully saturated rings. The molecule has 0 amide bonds. The zero-order valence-electron chi connectivity index (χ0n) is 38.8. The van der Waals surface area contributed by atoms with E-state index in [2.05, 4.69) is 99.0 Å². The molecule has 0 aromatic heterocycles. The summed E-state index contributed by atoms with van der Waals surface area (Å²) in [5.41, 5.74) is 7.57. The summed E-state index contributed by atoms with van der Waals surface area (Å²) in [6, 6.07) is 9.03. The van der Waals surface area contributed by atoms with Crippen LogP contribution in [0.25, 0.3) is 0 Å². The van der Waals surface area contributed by atoms with Gasteiger partial charge >= 0.3 is 0 Å². The maximum absolute atomic E-state index is 9.17. The van der Waals surface area contributed by atoms with Crippen LogP contribution in [0.2, 0.25) is 0 Å². The van der Waals surface area contributed by atoms with Gasteiger partial charge in [0.1, 0.15) is 6.29 Å². The number of hydrogen-bond acceptors (Lipinski definition) is 1. The van der Waals surface area contributed by atoms with E-state index >= 15 is 0 Å². The molecule has 0 bridgehead atoms. The molecule has 300 valence electrons. The van der Waals surface area contributed by atoms with E-state index in [9.17, 15) is 4.79 Å². The van der Waals surface area contributed by atoms with E-state index in [4.69, 9.17) is 0 Å². The third-order valence-corrected chi connectivity index (χ3v) is 5.56. The largest absolute Gasteiger partial charge is 0.303 e. The van der Waals surface area contributed by atoms with Gasteiger partial charge in [-0.3, -0.25) is 0 Å². The minimum Gasteiger partial charge on any atom is -0.303 e. The van der Waals surface area contributed by atoms with Crippen molar-refractivity contribution in [3.8, 4) is 0 Å². The molecule has 0 aliphatic heterocycles. The SMILES string of the molecule is C=C(C)C(C(=C)C)=C(C)C.C=CC.C=CCCC(CCCC)c1ccc(C)cc1.CC.CC.CC.CC.CC.CC1CC1.CCC.CCC=O. The summed E-state index contributed by atoms with van der Waals surface area (Å²) in [6.45, 7) is 57.8. The lowest BCUT2D eigenvalue weighted by atomic mass is 9.89. The van der Waals surface area contributed by atoms with E-state index in [1.54, 1.807) is 6.08 Å². The molecular formula is C49H98O. The Bertz CT molecular complexity index is 767. The molecule has 1 aliphatic carbocycles. The molecule has 2 rings (SSSR count). The number of aldehydes is 1. The highest BCUT2D eigenvalue weighted by Gasteiger charge is 2.12. The normalized spacial score (nSPS) is 9.54. The Hall–Kier alpha value is -2.41. The molecule has 1 nitrogen and oxygen atoms in total. The Labute approximate surface area is 321 Å². The smallest absolute Gasteiger partial charge is 0.119 e. The van der Waals surface area contributed by atoms with Crippen molar-refractivity contribution in [2.24, 2.45) is 5.92 Å². The number of rotatable bonds is 10. The molecule has 1 atom stereocenters. The second-order valence-corrected chi connectivity index (χ2v) is 10.9. The van der Waals surface area contributed by atoms with Gasteiger partial charge in [-0.15, -0.1) is 13.2 Å². The van der Waals surface area contributed by atoms with Crippen molar-refractivity contribution in [3.63, 3.8) is 0 Å². The van der Waals surface area contributed by atoms with Gasteiger partial charge in [-0.05, 0) is 83.8 Å². The van der Waals surface area contributed by atoms with E-state index in [-0.39, 0.29) is 0 Å². The zero-order valence-corrected chi connectivity index (χ0v) is 38.8. The first-order valence-corrected chi connectivity index (χ1v) is 20.6. The Morgan fingerprint density at radius 3 is 1.26 bits per heavy atom. The lowest BCUT2D eigenvalue weighted by Crippen LogP contribution is -1.98. The fourth-order valence-corrected chi connectivity index (χ4v) is 3.47. The molecule has 0 N–H and O–H groups in total. The highest BCUT2D eigenvalue weighted by molar-refractivity contribution is 5.48. The van der Waals surface area contributed by atoms with Crippen LogP contribution in [0.5, 0.6) is 0 Å². The average Bonchev–Trinajstić information content (AvgIpc) is 3.92. The van der Waals surface area contributed by atoms with Crippen LogP contribution < -0.4 is 0 Å². The fourth-order valence-electron chi connectivity index (χ4n) is 3.47. The highest BCUT2D eigenvalue weighted by Crippen LogP contribution is 2.27. The van der Waals surface area contributed by atoms with Crippen LogP contribution >= 0.6 is 0 Å². The summed E-state index contributed by atoms with van der Waals surface area (Å²) in [7, 11) is 0. The van der Waals surface area contributed by atoms with Crippen molar-refractivity contribution >= 4 is 6.29 Å². The molecule has 50 heavy (non-hydrogen) atoms. The topological polar surface area (TPSA) is 17.1 Å². The number of unbranched alkanes of at least 4 members (excludes halogenated alkanes) is 1. The van der Waals surface area contributed by atoms with Crippen molar-refractivity contribution < 1.29 is 4.79 Å². The number of aryl methyl sites for hydroxylation is 1. The van der Waals surface area contributed by atoms with Crippen molar-refractivity contribution in [1.82, 2.24) is 0 Å². The van der Waals surface area contributed by atoms with E-state index in [1.807, 2.05) is 103 Å². The predicted molar refractivity (Wildman–Crippen MR) is 244 cm³/mol. The minimum absolute atomic E-state index is 0.639. The van der Waals surface area contributed by atoms with Crippen molar-refractivity contribution in [1.29, 1.82) is 0 Å². The van der Waals surface area contributed by atoms with Gasteiger partial charge in [0.25, 0.3) is 0 Å². The molecule has 0 spiro atoms. The third kappa shape index (κ3) is 71.6. The van der Waals surface area contributed by atoms with Crippen LogP contribution in [0.3, 0.4) is 0 Å². The molecule has 1 saturated carbocycles. The molecule has 1 aliphatic rings. The number of carbonyl (C=O) groups is 1. The first-order chi connectivity index (χ1) is 23.9. The van der Waals surface area contributed by atoms with Crippen molar-refractivity contribution in [2.75, 3.05) is 0 Å². The van der Waals surface area contributed by atoms with Gasteiger partial charge in [0.05, 0.1) is 0 Å². The first-order valence-electron chi connectivity index (χ1n) is 20.6. The van der Waals surface area contributed by atoms with Crippen LogP contribution in [-0.2, 0) is 4.79 Å². The Morgan fingerprint density at radius 2 is 1.08 bits per heavy atom. The summed E-state index contributed by atoms with van der Waals surface area (Å²) in [5, 5.41) is 0. The second kappa shape index (κ2) is 68.5. The van der Waals surface area contributed by atoms with Gasteiger partial charge in [0, 0.05) is 6.42 Å². The molecule has 0 saturated heterocycles. The lowest BCUT2D eigenvalue weighted by Gasteiger charge is -2.16. The van der Waals surface area contributed by atoms with Gasteiger partial charge in [0.2, 0.25) is 0 Å². The number of benzene rings is 1. The molecule has 1 heteroatoms. The first kappa shape index (κ1) is 69.4. The molecule has 1 aromatic carbocycles. The predicted octanol–water partition coefficient (Wildman–Crippen LogP) is 18.5. The Kier molecular flexibility index (Phi) is 95.1.